The second-order valence-electron chi connectivity index (χ2n) is 7.06. The summed E-state index contributed by atoms with van der Waals surface area (Å²) in [6, 6.07) is 16.7. The maximum atomic E-state index is 12.5. The maximum Gasteiger partial charge on any atom is 0.349 e. The van der Waals surface area contributed by atoms with Crippen molar-refractivity contribution in [2.75, 3.05) is 13.7 Å². The lowest BCUT2D eigenvalue weighted by molar-refractivity contribution is -0.136. The minimum Gasteiger partial charge on any atom is -0.507 e. The van der Waals surface area contributed by atoms with Crippen LogP contribution < -0.4 is 14.9 Å². The minimum atomic E-state index is -0.894. The first-order valence-corrected chi connectivity index (χ1v) is 9.97. The molecule has 0 spiro atoms. The molecule has 0 aliphatic rings. The van der Waals surface area contributed by atoms with E-state index in [1.54, 1.807) is 24.3 Å². The molecule has 0 amide bonds. The molecule has 1 heterocycles. The average molecular weight is 462 g/mol. The van der Waals surface area contributed by atoms with Crippen LogP contribution in [0.5, 0.6) is 23.0 Å². The number of fused-ring (bicyclic) bond motifs is 1. The van der Waals surface area contributed by atoms with Crippen molar-refractivity contribution in [3.05, 3.63) is 82.5 Å². The number of aromatic hydroxyl groups is 2. The molecule has 34 heavy (non-hydrogen) atoms. The zero-order chi connectivity index (χ0) is 24.2. The van der Waals surface area contributed by atoms with Crippen molar-refractivity contribution in [2.24, 2.45) is 0 Å². The van der Waals surface area contributed by atoms with E-state index >= 15 is 0 Å². The third-order valence-electron chi connectivity index (χ3n) is 4.82. The molecule has 0 bridgehead atoms. The number of esters is 2. The normalized spacial score (nSPS) is 10.6. The zero-order valence-corrected chi connectivity index (χ0v) is 17.8. The maximum absolute atomic E-state index is 12.5. The molecule has 9 heteroatoms. The summed E-state index contributed by atoms with van der Waals surface area (Å²) in [4.78, 5) is 36.7. The lowest BCUT2D eigenvalue weighted by Gasteiger charge is -2.11. The van der Waals surface area contributed by atoms with Crippen LogP contribution in [0.15, 0.2) is 75.9 Å². The summed E-state index contributed by atoms with van der Waals surface area (Å²) in [6.45, 7) is -0.607. The summed E-state index contributed by atoms with van der Waals surface area (Å²) in [5, 5.41) is 20.2. The van der Waals surface area contributed by atoms with Crippen molar-refractivity contribution in [2.45, 2.75) is 0 Å². The van der Waals surface area contributed by atoms with E-state index in [1.165, 1.54) is 36.4 Å². The van der Waals surface area contributed by atoms with Crippen LogP contribution in [0.3, 0.4) is 0 Å². The SMILES string of the molecule is COC(=O)c1c(O)cccc1OC(=O)COc1cc(O)c2c(=O)cc(-c3ccccc3)oc2c1. The van der Waals surface area contributed by atoms with Gasteiger partial charge in [0.15, 0.2) is 12.0 Å². The molecule has 9 nitrogen and oxygen atoms in total. The molecule has 0 saturated heterocycles. The summed E-state index contributed by atoms with van der Waals surface area (Å²) in [6.07, 6.45) is 0. The molecule has 4 aromatic rings. The van der Waals surface area contributed by atoms with Gasteiger partial charge in [-0.15, -0.1) is 0 Å². The number of carbonyl (C=O) groups excluding carboxylic acids is 2. The highest BCUT2D eigenvalue weighted by Crippen LogP contribution is 2.31. The lowest BCUT2D eigenvalue weighted by Crippen LogP contribution is -2.19. The summed E-state index contributed by atoms with van der Waals surface area (Å²) >= 11 is 0. The second kappa shape index (κ2) is 9.37. The second-order valence-corrected chi connectivity index (χ2v) is 7.06. The van der Waals surface area contributed by atoms with E-state index in [9.17, 15) is 24.6 Å². The Balaban J connectivity index is 1.56. The molecular weight excluding hydrogens is 444 g/mol. The van der Waals surface area contributed by atoms with E-state index < -0.39 is 29.7 Å². The van der Waals surface area contributed by atoms with E-state index in [1.807, 2.05) is 6.07 Å². The van der Waals surface area contributed by atoms with Crippen LogP contribution in [0.2, 0.25) is 0 Å². The van der Waals surface area contributed by atoms with Crippen molar-refractivity contribution in [1.82, 2.24) is 0 Å². The highest BCUT2D eigenvalue weighted by Gasteiger charge is 2.21. The van der Waals surface area contributed by atoms with Gasteiger partial charge in [0.2, 0.25) is 0 Å². The number of methoxy groups -OCH3 is 1. The first-order chi connectivity index (χ1) is 16.4. The van der Waals surface area contributed by atoms with E-state index in [0.717, 1.165) is 7.11 Å². The molecule has 0 fully saturated rings. The molecule has 0 radical (unpaired) electrons. The van der Waals surface area contributed by atoms with E-state index in [4.69, 9.17) is 13.9 Å². The Labute approximate surface area is 192 Å². The van der Waals surface area contributed by atoms with Gasteiger partial charge in [-0.05, 0) is 12.1 Å². The number of phenolic OH excluding ortho intramolecular Hbond substituents is 2. The molecule has 4 rings (SSSR count). The number of rotatable bonds is 6. The third kappa shape index (κ3) is 4.53. The van der Waals surface area contributed by atoms with Crippen molar-refractivity contribution < 1.29 is 38.4 Å². The zero-order valence-electron chi connectivity index (χ0n) is 17.8. The molecule has 0 unspecified atom stereocenters. The van der Waals surface area contributed by atoms with E-state index in [-0.39, 0.29) is 33.8 Å². The summed E-state index contributed by atoms with van der Waals surface area (Å²) in [5.74, 6) is -2.44. The van der Waals surface area contributed by atoms with Crippen LogP contribution in [-0.2, 0) is 9.53 Å². The van der Waals surface area contributed by atoms with Gasteiger partial charge in [-0.3, -0.25) is 4.79 Å². The Morgan fingerprint density at radius 1 is 0.941 bits per heavy atom. The fraction of sp³-hybridized carbons (Fsp3) is 0.0800. The average Bonchev–Trinajstić information content (AvgIpc) is 2.82. The van der Waals surface area contributed by atoms with Gasteiger partial charge in [-0.2, -0.15) is 0 Å². The third-order valence-corrected chi connectivity index (χ3v) is 4.82. The number of carbonyl (C=O) groups is 2. The van der Waals surface area contributed by atoms with Crippen LogP contribution in [0.1, 0.15) is 10.4 Å². The number of hydrogen-bond donors (Lipinski definition) is 2. The molecule has 0 aliphatic carbocycles. The molecule has 172 valence electrons. The highest BCUT2D eigenvalue weighted by atomic mass is 16.6. The van der Waals surface area contributed by atoms with Crippen molar-refractivity contribution in [3.8, 4) is 34.3 Å². The number of hydrogen-bond acceptors (Lipinski definition) is 9. The Morgan fingerprint density at radius 3 is 2.44 bits per heavy atom. The van der Waals surface area contributed by atoms with Gasteiger partial charge in [0.05, 0.1) is 7.11 Å². The van der Waals surface area contributed by atoms with E-state index in [2.05, 4.69) is 4.74 Å². The largest absolute Gasteiger partial charge is 0.507 e. The molecule has 0 saturated carbocycles. The molecule has 0 aliphatic heterocycles. The fourth-order valence-electron chi connectivity index (χ4n) is 3.28. The van der Waals surface area contributed by atoms with Gasteiger partial charge in [-0.25, -0.2) is 9.59 Å². The predicted molar refractivity (Wildman–Crippen MR) is 120 cm³/mol. The Hall–Kier alpha value is -4.79. The van der Waals surface area contributed by atoms with Gasteiger partial charge in [-0.1, -0.05) is 36.4 Å². The minimum absolute atomic E-state index is 0.0305. The van der Waals surface area contributed by atoms with Crippen LogP contribution in [0.4, 0.5) is 0 Å². The van der Waals surface area contributed by atoms with Crippen molar-refractivity contribution in [3.63, 3.8) is 0 Å². The first-order valence-electron chi connectivity index (χ1n) is 9.97. The van der Waals surface area contributed by atoms with Crippen LogP contribution in [-0.4, -0.2) is 35.9 Å². The quantitative estimate of drug-likeness (QED) is 0.325. The molecule has 2 N–H and O–H groups in total. The monoisotopic (exact) mass is 462 g/mol. The number of ether oxygens (including phenoxy) is 3. The van der Waals surface area contributed by atoms with Crippen molar-refractivity contribution in [1.29, 1.82) is 0 Å². The smallest absolute Gasteiger partial charge is 0.349 e. The van der Waals surface area contributed by atoms with Crippen molar-refractivity contribution >= 4 is 22.9 Å². The predicted octanol–water partition coefficient (Wildman–Crippen LogP) is 3.64. The van der Waals surface area contributed by atoms with Crippen LogP contribution in [0.25, 0.3) is 22.3 Å². The summed E-state index contributed by atoms with van der Waals surface area (Å²) in [5.41, 5.74) is -0.0150. The fourth-order valence-corrected chi connectivity index (χ4v) is 3.28. The first kappa shape index (κ1) is 22.4. The van der Waals surface area contributed by atoms with Gasteiger partial charge in [0.1, 0.15) is 45.3 Å². The topological polar surface area (TPSA) is 132 Å². The molecule has 1 aromatic heterocycles. The van der Waals surface area contributed by atoms with Crippen LogP contribution in [0, 0.1) is 0 Å². The van der Waals surface area contributed by atoms with Gasteiger partial charge < -0.3 is 28.8 Å². The van der Waals surface area contributed by atoms with Gasteiger partial charge in [0.25, 0.3) is 0 Å². The Morgan fingerprint density at radius 2 is 1.71 bits per heavy atom. The highest BCUT2D eigenvalue weighted by molar-refractivity contribution is 5.96. The number of benzene rings is 3. The summed E-state index contributed by atoms with van der Waals surface area (Å²) < 4.78 is 20.9. The molecular formula is C25H18O9. The lowest BCUT2D eigenvalue weighted by atomic mass is 10.1. The molecule has 0 atom stereocenters. The standard InChI is InChI=1S/C25H18O9/c1-31-25(30)24-16(26)8-5-9-19(24)34-22(29)13-32-15-10-17(27)23-18(28)12-20(33-21(23)11-15)14-6-3-2-4-7-14/h2-12,26-27H,13H2,1H3. The van der Waals surface area contributed by atoms with Gasteiger partial charge in [0, 0.05) is 23.8 Å². The van der Waals surface area contributed by atoms with E-state index in [0.29, 0.717) is 11.3 Å². The molecule has 3 aromatic carbocycles. The van der Waals surface area contributed by atoms with Crippen LogP contribution >= 0.6 is 0 Å². The Kier molecular flexibility index (Phi) is 6.18. The summed E-state index contributed by atoms with van der Waals surface area (Å²) in [7, 11) is 1.12. The van der Waals surface area contributed by atoms with Gasteiger partial charge >= 0.3 is 11.9 Å². The number of phenols is 2. The Bertz CT molecular complexity index is 1440.